The standard InChI is InChI=1S/C17H18F3NO7S/c1-2-27-16(24)13(28-29(25,26)17(18,19)20)9-5-6-10-21-14(22)11-7-3-4-8-12(11)15(21)23/h3-4,7-8,13H,2,5-6,9-10H2,1H3/t13-/m0/s1. The van der Waals surface area contributed by atoms with Crippen LogP contribution in [0.3, 0.4) is 0 Å². The molecule has 12 heteroatoms. The van der Waals surface area contributed by atoms with Crippen molar-refractivity contribution in [2.75, 3.05) is 13.2 Å². The lowest BCUT2D eigenvalue weighted by molar-refractivity contribution is -0.152. The maximum Gasteiger partial charge on any atom is 0.523 e. The SMILES string of the molecule is CCOC(=O)[C@H](CCCCN1C(=O)c2ccccc2C1=O)OS(=O)(=O)C(F)(F)F. The number of unbranched alkanes of at least 4 members (excludes halogenated alkanes) is 1. The van der Waals surface area contributed by atoms with Crippen molar-refractivity contribution < 1.29 is 44.9 Å². The average molecular weight is 437 g/mol. The average Bonchev–Trinajstić information content (AvgIpc) is 2.88. The third-order valence-electron chi connectivity index (χ3n) is 4.05. The second-order valence-corrected chi connectivity index (χ2v) is 7.60. The van der Waals surface area contributed by atoms with Crippen LogP contribution in [0.25, 0.3) is 0 Å². The highest BCUT2D eigenvalue weighted by molar-refractivity contribution is 7.87. The van der Waals surface area contributed by atoms with Crippen molar-refractivity contribution in [3.8, 4) is 0 Å². The van der Waals surface area contributed by atoms with Gasteiger partial charge in [0.1, 0.15) is 0 Å². The first kappa shape index (κ1) is 22.8. The Kier molecular flexibility index (Phi) is 7.01. The number of esters is 1. The molecule has 0 aromatic heterocycles. The van der Waals surface area contributed by atoms with Crippen molar-refractivity contribution in [3.05, 3.63) is 35.4 Å². The summed E-state index contributed by atoms with van der Waals surface area (Å²) in [6, 6.07) is 6.22. The Morgan fingerprint density at radius 1 is 1.10 bits per heavy atom. The zero-order chi connectivity index (χ0) is 21.8. The van der Waals surface area contributed by atoms with E-state index in [0.717, 1.165) is 4.90 Å². The van der Waals surface area contributed by atoms with Gasteiger partial charge in [-0.3, -0.25) is 14.5 Å². The monoisotopic (exact) mass is 437 g/mol. The van der Waals surface area contributed by atoms with E-state index in [4.69, 9.17) is 0 Å². The van der Waals surface area contributed by atoms with Crippen molar-refractivity contribution in [3.63, 3.8) is 0 Å². The molecular formula is C17H18F3NO7S. The van der Waals surface area contributed by atoms with Crippen LogP contribution >= 0.6 is 0 Å². The van der Waals surface area contributed by atoms with E-state index in [9.17, 15) is 36.0 Å². The van der Waals surface area contributed by atoms with Gasteiger partial charge in [-0.1, -0.05) is 12.1 Å². The number of halogens is 3. The van der Waals surface area contributed by atoms with Crippen LogP contribution in [0.1, 0.15) is 46.9 Å². The van der Waals surface area contributed by atoms with Crippen LogP contribution in [0.15, 0.2) is 24.3 Å². The number of hydrogen-bond acceptors (Lipinski definition) is 7. The van der Waals surface area contributed by atoms with E-state index in [1.54, 1.807) is 12.1 Å². The van der Waals surface area contributed by atoms with Gasteiger partial charge in [0, 0.05) is 6.54 Å². The highest BCUT2D eigenvalue weighted by Crippen LogP contribution is 2.27. The lowest BCUT2D eigenvalue weighted by atomic mass is 10.1. The van der Waals surface area contributed by atoms with Gasteiger partial charge in [0.25, 0.3) is 11.8 Å². The van der Waals surface area contributed by atoms with E-state index in [2.05, 4.69) is 8.92 Å². The van der Waals surface area contributed by atoms with Crippen LogP contribution in [-0.4, -0.2) is 55.9 Å². The molecule has 0 aliphatic carbocycles. The zero-order valence-electron chi connectivity index (χ0n) is 15.3. The fourth-order valence-corrected chi connectivity index (χ4v) is 3.28. The molecule has 0 spiro atoms. The number of amides is 2. The molecule has 29 heavy (non-hydrogen) atoms. The highest BCUT2D eigenvalue weighted by Gasteiger charge is 2.49. The number of imide groups is 1. The molecule has 1 aliphatic heterocycles. The molecule has 0 saturated heterocycles. The van der Waals surface area contributed by atoms with Crippen LogP contribution in [0.5, 0.6) is 0 Å². The van der Waals surface area contributed by atoms with Gasteiger partial charge < -0.3 is 4.74 Å². The summed E-state index contributed by atoms with van der Waals surface area (Å²) in [4.78, 5) is 37.2. The number of hydrogen-bond donors (Lipinski definition) is 0. The number of fused-ring (bicyclic) bond motifs is 1. The molecule has 2 amide bonds. The van der Waals surface area contributed by atoms with Gasteiger partial charge in [-0.05, 0) is 38.3 Å². The molecule has 1 heterocycles. The summed E-state index contributed by atoms with van der Waals surface area (Å²) < 4.78 is 68.4. The topological polar surface area (TPSA) is 107 Å². The maximum atomic E-state index is 12.5. The molecular weight excluding hydrogens is 419 g/mol. The Balaban J connectivity index is 1.96. The number of ether oxygens (including phenoxy) is 1. The largest absolute Gasteiger partial charge is 0.523 e. The summed E-state index contributed by atoms with van der Waals surface area (Å²) in [6.07, 6.45) is -2.26. The van der Waals surface area contributed by atoms with Gasteiger partial charge in [-0.15, -0.1) is 0 Å². The van der Waals surface area contributed by atoms with Gasteiger partial charge in [0.2, 0.25) is 0 Å². The quantitative estimate of drug-likeness (QED) is 0.192. The maximum absolute atomic E-state index is 12.5. The Labute approximate surface area is 164 Å². The van der Waals surface area contributed by atoms with Crippen molar-refractivity contribution in [2.45, 2.75) is 37.8 Å². The van der Waals surface area contributed by atoms with E-state index in [0.29, 0.717) is 0 Å². The van der Waals surface area contributed by atoms with Gasteiger partial charge >= 0.3 is 21.6 Å². The Morgan fingerprint density at radius 3 is 2.14 bits per heavy atom. The second kappa shape index (κ2) is 8.91. The van der Waals surface area contributed by atoms with Crippen molar-refractivity contribution in [1.82, 2.24) is 4.90 Å². The predicted octanol–water partition coefficient (Wildman–Crippen LogP) is 2.25. The molecule has 0 saturated carbocycles. The van der Waals surface area contributed by atoms with Crippen molar-refractivity contribution >= 4 is 27.9 Å². The summed E-state index contributed by atoms with van der Waals surface area (Å²) in [5.41, 5.74) is -5.18. The molecule has 0 unspecified atom stereocenters. The van der Waals surface area contributed by atoms with Crippen LogP contribution < -0.4 is 0 Å². The fourth-order valence-electron chi connectivity index (χ4n) is 2.69. The fraction of sp³-hybridized carbons (Fsp3) is 0.471. The van der Waals surface area contributed by atoms with Crippen LogP contribution in [0.2, 0.25) is 0 Å². The minimum atomic E-state index is -5.99. The Morgan fingerprint density at radius 2 is 1.66 bits per heavy atom. The smallest absolute Gasteiger partial charge is 0.464 e. The number of alkyl halides is 3. The first-order valence-corrected chi connectivity index (χ1v) is 10.0. The zero-order valence-corrected chi connectivity index (χ0v) is 16.1. The van der Waals surface area contributed by atoms with Gasteiger partial charge in [0.15, 0.2) is 6.10 Å². The molecule has 0 N–H and O–H groups in total. The third-order valence-corrected chi connectivity index (χ3v) is 5.10. The first-order chi connectivity index (χ1) is 13.5. The van der Waals surface area contributed by atoms with Crippen molar-refractivity contribution in [1.29, 1.82) is 0 Å². The number of rotatable bonds is 9. The third kappa shape index (κ3) is 5.12. The Bertz CT molecular complexity index is 864. The van der Waals surface area contributed by atoms with E-state index in [1.165, 1.54) is 19.1 Å². The number of carbonyl (C=O) groups excluding carboxylic acids is 3. The molecule has 0 radical (unpaired) electrons. The number of nitrogens with zero attached hydrogens (tertiary/aromatic N) is 1. The molecule has 8 nitrogen and oxygen atoms in total. The molecule has 1 aromatic carbocycles. The minimum Gasteiger partial charge on any atom is -0.464 e. The lowest BCUT2D eigenvalue weighted by Gasteiger charge is -2.18. The van der Waals surface area contributed by atoms with Gasteiger partial charge in [-0.2, -0.15) is 21.6 Å². The molecule has 1 aliphatic rings. The van der Waals surface area contributed by atoms with E-state index in [-0.39, 0.29) is 37.1 Å². The second-order valence-electron chi connectivity index (χ2n) is 6.04. The molecule has 0 fully saturated rings. The summed E-state index contributed by atoms with van der Waals surface area (Å²) in [5, 5.41) is 0. The normalized spacial score (nSPS) is 15.4. The van der Waals surface area contributed by atoms with E-state index < -0.39 is 45.9 Å². The van der Waals surface area contributed by atoms with Gasteiger partial charge in [-0.25, -0.2) is 8.98 Å². The highest BCUT2D eigenvalue weighted by atomic mass is 32.2. The molecule has 0 bridgehead atoms. The summed E-state index contributed by atoms with van der Waals surface area (Å²) in [6.45, 7) is 1.17. The molecule has 1 atom stereocenters. The van der Waals surface area contributed by atoms with Crippen LogP contribution in [0.4, 0.5) is 13.2 Å². The molecule has 2 rings (SSSR count). The Hall–Kier alpha value is -2.47. The molecule has 1 aromatic rings. The minimum absolute atomic E-state index is 0.00423. The van der Waals surface area contributed by atoms with Crippen LogP contribution in [0, 0.1) is 0 Å². The summed E-state index contributed by atoms with van der Waals surface area (Å²) in [5.74, 6) is -2.24. The van der Waals surface area contributed by atoms with Crippen LogP contribution in [-0.2, 0) is 23.8 Å². The number of carbonyl (C=O) groups is 3. The summed E-state index contributed by atoms with van der Waals surface area (Å²) in [7, 11) is -5.99. The van der Waals surface area contributed by atoms with E-state index in [1.807, 2.05) is 0 Å². The van der Waals surface area contributed by atoms with Crippen molar-refractivity contribution in [2.24, 2.45) is 0 Å². The van der Waals surface area contributed by atoms with Gasteiger partial charge in [0.05, 0.1) is 17.7 Å². The lowest BCUT2D eigenvalue weighted by Crippen LogP contribution is -2.35. The number of benzene rings is 1. The summed E-state index contributed by atoms with van der Waals surface area (Å²) >= 11 is 0. The molecule has 160 valence electrons. The first-order valence-electron chi connectivity index (χ1n) is 8.61. The van der Waals surface area contributed by atoms with E-state index >= 15 is 0 Å². The predicted molar refractivity (Wildman–Crippen MR) is 92.1 cm³/mol.